The van der Waals surface area contributed by atoms with Crippen molar-refractivity contribution < 1.29 is 31.1 Å². The van der Waals surface area contributed by atoms with Crippen molar-refractivity contribution in [1.82, 2.24) is 4.31 Å². The van der Waals surface area contributed by atoms with Gasteiger partial charge in [0.1, 0.15) is 17.3 Å². The molecule has 1 rings (SSSR count). The van der Waals surface area contributed by atoms with Gasteiger partial charge in [-0.3, -0.25) is 4.79 Å². The van der Waals surface area contributed by atoms with Gasteiger partial charge in [0.15, 0.2) is 11.6 Å². The predicted octanol–water partition coefficient (Wildman–Crippen LogP) is 1.29. The molecule has 0 fully saturated rings. The van der Waals surface area contributed by atoms with Crippen LogP contribution in [0.1, 0.15) is 6.92 Å². The number of ether oxygens (including phenoxy) is 1. The first-order chi connectivity index (χ1) is 9.20. The van der Waals surface area contributed by atoms with Crippen LogP contribution in [-0.4, -0.2) is 38.9 Å². The molecule has 0 radical (unpaired) electrons. The molecule has 5 nitrogen and oxygen atoms in total. The van der Waals surface area contributed by atoms with Gasteiger partial charge in [0.05, 0.1) is 6.61 Å². The number of hydrogen-bond donors (Lipinski definition) is 0. The van der Waals surface area contributed by atoms with Crippen molar-refractivity contribution in [3.05, 3.63) is 29.6 Å². The highest BCUT2D eigenvalue weighted by atomic mass is 32.2. The zero-order chi connectivity index (χ0) is 15.5. The Kier molecular flexibility index (Phi) is 5.12. The first kappa shape index (κ1) is 16.4. The minimum Gasteiger partial charge on any atom is -0.465 e. The second-order valence-corrected chi connectivity index (χ2v) is 5.78. The van der Waals surface area contributed by atoms with E-state index < -0.39 is 44.9 Å². The number of rotatable bonds is 5. The molecular formula is C11H12F3NO4S. The van der Waals surface area contributed by atoms with E-state index in [-0.39, 0.29) is 18.7 Å². The average molecular weight is 311 g/mol. The maximum Gasteiger partial charge on any atom is 0.321 e. The van der Waals surface area contributed by atoms with E-state index in [1.807, 2.05) is 0 Å². The van der Waals surface area contributed by atoms with Crippen molar-refractivity contribution in [1.29, 1.82) is 0 Å². The van der Waals surface area contributed by atoms with Gasteiger partial charge in [-0.15, -0.1) is 0 Å². The van der Waals surface area contributed by atoms with Gasteiger partial charge >= 0.3 is 5.97 Å². The van der Waals surface area contributed by atoms with Crippen molar-refractivity contribution in [3.63, 3.8) is 0 Å². The maximum atomic E-state index is 13.4. The van der Waals surface area contributed by atoms with Crippen LogP contribution in [0, 0.1) is 17.5 Å². The number of esters is 1. The van der Waals surface area contributed by atoms with Crippen molar-refractivity contribution in [2.24, 2.45) is 0 Å². The van der Waals surface area contributed by atoms with E-state index >= 15 is 0 Å². The van der Waals surface area contributed by atoms with Crippen LogP contribution in [0.25, 0.3) is 0 Å². The van der Waals surface area contributed by atoms with Gasteiger partial charge in [-0.1, -0.05) is 0 Å². The van der Waals surface area contributed by atoms with Gasteiger partial charge in [-0.25, -0.2) is 21.6 Å². The molecule has 0 atom stereocenters. The Balaban J connectivity index is 3.11. The molecule has 20 heavy (non-hydrogen) atoms. The fourth-order valence-electron chi connectivity index (χ4n) is 1.34. The maximum absolute atomic E-state index is 13.4. The molecule has 0 aliphatic heterocycles. The third-order valence-electron chi connectivity index (χ3n) is 2.32. The molecule has 0 amide bonds. The molecule has 1 aromatic rings. The summed E-state index contributed by atoms with van der Waals surface area (Å²) in [6, 6.07) is 0.349. The normalized spacial score (nSPS) is 11.7. The molecule has 0 aromatic heterocycles. The minimum absolute atomic E-state index is 0.0479. The third kappa shape index (κ3) is 3.48. The summed E-state index contributed by atoms with van der Waals surface area (Å²) in [6.07, 6.45) is 0. The molecule has 112 valence electrons. The fourth-order valence-corrected chi connectivity index (χ4v) is 2.51. The van der Waals surface area contributed by atoms with Crippen LogP contribution in [0.5, 0.6) is 0 Å². The van der Waals surface area contributed by atoms with Crippen molar-refractivity contribution >= 4 is 16.0 Å². The Morgan fingerprint density at radius 3 is 2.30 bits per heavy atom. The molecule has 0 aliphatic carbocycles. The lowest BCUT2D eigenvalue weighted by atomic mass is 10.3. The van der Waals surface area contributed by atoms with Gasteiger partial charge in [0, 0.05) is 13.1 Å². The van der Waals surface area contributed by atoms with Gasteiger partial charge in [-0.05, 0) is 13.0 Å². The highest BCUT2D eigenvalue weighted by Gasteiger charge is 2.28. The number of carbonyl (C=O) groups is 1. The standard InChI is InChI=1S/C11H12F3NO4S/c1-3-19-11(16)6-15(2)20(17,18)10-5-8(13)7(12)4-9(10)14/h4-5H,3,6H2,1-2H3. The lowest BCUT2D eigenvalue weighted by molar-refractivity contribution is -0.143. The Hall–Kier alpha value is -1.61. The number of carbonyl (C=O) groups excluding carboxylic acids is 1. The van der Waals surface area contributed by atoms with E-state index in [0.717, 1.165) is 7.05 Å². The fraction of sp³-hybridized carbons (Fsp3) is 0.364. The number of nitrogens with zero attached hydrogens (tertiary/aromatic N) is 1. The van der Waals surface area contributed by atoms with E-state index in [1.54, 1.807) is 0 Å². The zero-order valence-electron chi connectivity index (χ0n) is 10.7. The molecule has 0 N–H and O–H groups in total. The van der Waals surface area contributed by atoms with Crippen molar-refractivity contribution in [2.45, 2.75) is 11.8 Å². The van der Waals surface area contributed by atoms with Crippen LogP contribution in [0.3, 0.4) is 0 Å². The van der Waals surface area contributed by atoms with Crippen LogP contribution in [0.15, 0.2) is 17.0 Å². The van der Waals surface area contributed by atoms with E-state index in [1.165, 1.54) is 6.92 Å². The first-order valence-corrected chi connectivity index (χ1v) is 6.90. The lowest BCUT2D eigenvalue weighted by Crippen LogP contribution is -2.33. The smallest absolute Gasteiger partial charge is 0.321 e. The molecule has 0 saturated heterocycles. The summed E-state index contributed by atoms with van der Waals surface area (Å²) in [4.78, 5) is 10.1. The van der Waals surface area contributed by atoms with Gasteiger partial charge in [0.25, 0.3) is 0 Å². The van der Waals surface area contributed by atoms with E-state index in [4.69, 9.17) is 0 Å². The zero-order valence-corrected chi connectivity index (χ0v) is 11.5. The van der Waals surface area contributed by atoms with Crippen molar-refractivity contribution in [2.75, 3.05) is 20.2 Å². The quantitative estimate of drug-likeness (QED) is 0.607. The second-order valence-electron chi connectivity index (χ2n) is 3.76. The highest BCUT2D eigenvalue weighted by molar-refractivity contribution is 7.89. The molecule has 0 spiro atoms. The minimum atomic E-state index is -4.47. The van der Waals surface area contributed by atoms with Crippen LogP contribution in [-0.2, 0) is 19.6 Å². The number of halogens is 3. The average Bonchev–Trinajstić information content (AvgIpc) is 2.33. The molecule has 1 aromatic carbocycles. The van der Waals surface area contributed by atoms with E-state index in [0.29, 0.717) is 4.31 Å². The van der Waals surface area contributed by atoms with Crippen LogP contribution >= 0.6 is 0 Å². The van der Waals surface area contributed by atoms with Gasteiger partial charge in [0.2, 0.25) is 10.0 Å². The molecule has 0 unspecified atom stereocenters. The van der Waals surface area contributed by atoms with Gasteiger partial charge < -0.3 is 4.74 Å². The van der Waals surface area contributed by atoms with Crippen molar-refractivity contribution in [3.8, 4) is 0 Å². The molecule has 0 heterocycles. The molecule has 0 aliphatic rings. The number of benzene rings is 1. The number of hydrogen-bond acceptors (Lipinski definition) is 4. The summed E-state index contributed by atoms with van der Waals surface area (Å²) in [7, 11) is -3.48. The van der Waals surface area contributed by atoms with E-state index in [2.05, 4.69) is 4.74 Å². The SMILES string of the molecule is CCOC(=O)CN(C)S(=O)(=O)c1cc(F)c(F)cc1F. The Morgan fingerprint density at radius 1 is 1.20 bits per heavy atom. The van der Waals surface area contributed by atoms with Crippen LogP contribution in [0.4, 0.5) is 13.2 Å². The van der Waals surface area contributed by atoms with Crippen LogP contribution in [0.2, 0.25) is 0 Å². The number of likely N-dealkylation sites (N-methyl/N-ethyl adjacent to an activating group) is 1. The molecule has 9 heteroatoms. The largest absolute Gasteiger partial charge is 0.465 e. The third-order valence-corrected chi connectivity index (χ3v) is 4.14. The predicted molar refractivity (Wildman–Crippen MR) is 62.8 cm³/mol. The lowest BCUT2D eigenvalue weighted by Gasteiger charge is -2.16. The summed E-state index contributed by atoms with van der Waals surface area (Å²) in [5, 5.41) is 0. The molecular weight excluding hydrogens is 299 g/mol. The Bertz CT molecular complexity index is 618. The number of sulfonamides is 1. The van der Waals surface area contributed by atoms with E-state index in [9.17, 15) is 26.4 Å². The topological polar surface area (TPSA) is 63.7 Å². The highest BCUT2D eigenvalue weighted by Crippen LogP contribution is 2.21. The summed E-state index contributed by atoms with van der Waals surface area (Å²) >= 11 is 0. The molecule has 0 bridgehead atoms. The van der Waals surface area contributed by atoms with Gasteiger partial charge in [-0.2, -0.15) is 4.31 Å². The molecule has 0 saturated carbocycles. The summed E-state index contributed by atoms with van der Waals surface area (Å²) in [5.41, 5.74) is 0. The Labute approximate surface area is 114 Å². The van der Waals surface area contributed by atoms with Crippen LogP contribution < -0.4 is 0 Å². The summed E-state index contributed by atoms with van der Waals surface area (Å²) in [6.45, 7) is 0.905. The monoisotopic (exact) mass is 311 g/mol. The summed E-state index contributed by atoms with van der Waals surface area (Å²) < 4.78 is 68.1. The summed E-state index contributed by atoms with van der Waals surface area (Å²) in [5.74, 6) is -5.30. The Morgan fingerprint density at radius 2 is 1.75 bits per heavy atom. The second kappa shape index (κ2) is 6.23. The first-order valence-electron chi connectivity index (χ1n) is 5.46.